The van der Waals surface area contributed by atoms with Crippen LogP contribution in [0.3, 0.4) is 0 Å². The van der Waals surface area contributed by atoms with Gasteiger partial charge < -0.3 is 10.0 Å². The van der Waals surface area contributed by atoms with Crippen molar-refractivity contribution in [3.8, 4) is 0 Å². The number of carboxylic acids is 1. The predicted molar refractivity (Wildman–Crippen MR) is 83.9 cm³/mol. The third-order valence-electron chi connectivity index (χ3n) is 4.41. The quantitative estimate of drug-likeness (QED) is 0.921. The van der Waals surface area contributed by atoms with Crippen molar-refractivity contribution in [3.05, 3.63) is 64.5 Å². The second-order valence-electron chi connectivity index (χ2n) is 6.40. The highest BCUT2D eigenvalue weighted by Crippen LogP contribution is 2.43. The van der Waals surface area contributed by atoms with Crippen molar-refractivity contribution in [3.63, 3.8) is 0 Å². The first-order valence-corrected chi connectivity index (χ1v) is 7.46. The van der Waals surface area contributed by atoms with Gasteiger partial charge in [-0.05, 0) is 31.5 Å². The van der Waals surface area contributed by atoms with Crippen LogP contribution < -0.4 is 4.90 Å². The zero-order valence-corrected chi connectivity index (χ0v) is 13.4. The number of aromatic carboxylic acids is 1. The number of fused-ring (bicyclic) bond motifs is 1. The lowest BCUT2D eigenvalue weighted by Crippen LogP contribution is -2.36. The molecule has 2 aromatic rings. The summed E-state index contributed by atoms with van der Waals surface area (Å²) in [6, 6.07) is 5.27. The average Bonchev–Trinajstić information content (AvgIpc) is 2.70. The molecule has 0 spiro atoms. The summed E-state index contributed by atoms with van der Waals surface area (Å²) in [5, 5.41) is 9.14. The minimum atomic E-state index is -1.18. The summed E-state index contributed by atoms with van der Waals surface area (Å²) in [5.41, 5.74) is -0.642. The van der Waals surface area contributed by atoms with Crippen LogP contribution in [0.25, 0.3) is 0 Å². The van der Waals surface area contributed by atoms with Gasteiger partial charge in [-0.2, -0.15) is 0 Å². The van der Waals surface area contributed by atoms with E-state index in [9.17, 15) is 22.8 Å². The molecule has 0 unspecified atom stereocenters. The molecule has 0 saturated carbocycles. The fraction of sp³-hybridized carbons (Fsp3) is 0.222. The van der Waals surface area contributed by atoms with Crippen LogP contribution in [0.15, 0.2) is 30.3 Å². The number of rotatable bonds is 3. The monoisotopic (exact) mass is 349 g/mol. The van der Waals surface area contributed by atoms with E-state index in [0.29, 0.717) is 17.7 Å². The molecule has 0 bridgehead atoms. The highest BCUT2D eigenvalue weighted by atomic mass is 19.1. The zero-order chi connectivity index (χ0) is 18.5. The second kappa shape index (κ2) is 5.61. The van der Waals surface area contributed by atoms with Gasteiger partial charge in [-0.1, -0.05) is 6.07 Å². The molecule has 7 heteroatoms. The lowest BCUT2D eigenvalue weighted by Gasteiger charge is -2.21. The number of benzene rings is 2. The first kappa shape index (κ1) is 17.0. The van der Waals surface area contributed by atoms with Crippen molar-refractivity contribution < 1.29 is 27.9 Å². The van der Waals surface area contributed by atoms with Gasteiger partial charge in [-0.25, -0.2) is 18.0 Å². The highest BCUT2D eigenvalue weighted by Gasteiger charge is 2.44. The first-order chi connectivity index (χ1) is 11.6. The maximum Gasteiger partial charge on any atom is 0.335 e. The largest absolute Gasteiger partial charge is 0.478 e. The van der Waals surface area contributed by atoms with E-state index in [4.69, 9.17) is 5.11 Å². The molecular formula is C18H14F3NO3. The minimum absolute atomic E-state index is 0.0469. The Labute approximate surface area is 141 Å². The lowest BCUT2D eigenvalue weighted by atomic mass is 9.86. The molecule has 1 aliphatic rings. The molecule has 2 aromatic carbocycles. The van der Waals surface area contributed by atoms with Crippen LogP contribution in [0.1, 0.15) is 35.3 Å². The molecule has 0 radical (unpaired) electrons. The van der Waals surface area contributed by atoms with Gasteiger partial charge in [0.05, 0.1) is 17.5 Å². The van der Waals surface area contributed by atoms with Crippen LogP contribution in [-0.2, 0) is 16.8 Å². The van der Waals surface area contributed by atoms with Crippen LogP contribution in [-0.4, -0.2) is 17.0 Å². The first-order valence-electron chi connectivity index (χ1n) is 7.46. The number of amides is 1. The Hall–Kier alpha value is -2.83. The van der Waals surface area contributed by atoms with Gasteiger partial charge >= 0.3 is 5.97 Å². The van der Waals surface area contributed by atoms with E-state index < -0.39 is 46.9 Å². The van der Waals surface area contributed by atoms with Gasteiger partial charge in [0.25, 0.3) is 0 Å². The number of carbonyl (C=O) groups excluding carboxylic acids is 1. The Morgan fingerprint density at radius 1 is 1.12 bits per heavy atom. The third-order valence-corrected chi connectivity index (χ3v) is 4.41. The summed E-state index contributed by atoms with van der Waals surface area (Å²) >= 11 is 0. The van der Waals surface area contributed by atoms with Crippen molar-refractivity contribution in [2.45, 2.75) is 25.8 Å². The van der Waals surface area contributed by atoms with Crippen LogP contribution in [0, 0.1) is 17.5 Å². The summed E-state index contributed by atoms with van der Waals surface area (Å²) in [6.45, 7) is 2.83. The molecule has 0 atom stereocenters. The Morgan fingerprint density at radius 2 is 1.72 bits per heavy atom. The van der Waals surface area contributed by atoms with E-state index in [1.807, 2.05) is 0 Å². The van der Waals surface area contributed by atoms with E-state index in [1.165, 1.54) is 18.2 Å². The smallest absolute Gasteiger partial charge is 0.335 e. The maximum absolute atomic E-state index is 14.0. The number of carbonyl (C=O) groups is 2. The number of anilines is 1. The number of hydrogen-bond donors (Lipinski definition) is 1. The van der Waals surface area contributed by atoms with Crippen molar-refractivity contribution in [2.75, 3.05) is 4.90 Å². The molecule has 25 heavy (non-hydrogen) atoms. The van der Waals surface area contributed by atoms with Gasteiger partial charge in [0.1, 0.15) is 17.5 Å². The van der Waals surface area contributed by atoms with E-state index >= 15 is 0 Å². The molecule has 1 amide bonds. The van der Waals surface area contributed by atoms with Crippen LogP contribution in [0.4, 0.5) is 18.9 Å². The van der Waals surface area contributed by atoms with Crippen molar-refractivity contribution in [1.29, 1.82) is 0 Å². The fourth-order valence-electron chi connectivity index (χ4n) is 3.02. The predicted octanol–water partition coefficient (Wildman–Crippen LogP) is 3.63. The lowest BCUT2D eigenvalue weighted by molar-refractivity contribution is -0.122. The molecule has 1 aliphatic heterocycles. The molecule has 0 aliphatic carbocycles. The van der Waals surface area contributed by atoms with Gasteiger partial charge in [0.2, 0.25) is 5.91 Å². The summed E-state index contributed by atoms with van der Waals surface area (Å²) in [6.07, 6.45) is 0. The standard InChI is InChI=1S/C18H14F3NO3/c1-18(2)12-4-3-9(16(23)24)5-15(12)22(17(18)25)8-11-13(20)6-10(19)7-14(11)21/h3-7H,8H2,1-2H3,(H,23,24). The molecular weight excluding hydrogens is 335 g/mol. The summed E-state index contributed by atoms with van der Waals surface area (Å²) in [5.74, 6) is -4.87. The van der Waals surface area contributed by atoms with Gasteiger partial charge in [0, 0.05) is 23.4 Å². The Morgan fingerprint density at radius 3 is 2.28 bits per heavy atom. The van der Waals surface area contributed by atoms with E-state index in [1.54, 1.807) is 13.8 Å². The Bertz CT molecular complexity index is 885. The summed E-state index contributed by atoms with van der Waals surface area (Å²) in [4.78, 5) is 25.0. The van der Waals surface area contributed by atoms with Crippen molar-refractivity contribution in [2.24, 2.45) is 0 Å². The van der Waals surface area contributed by atoms with Crippen molar-refractivity contribution >= 4 is 17.6 Å². The third kappa shape index (κ3) is 2.65. The topological polar surface area (TPSA) is 57.6 Å². The zero-order valence-electron chi connectivity index (χ0n) is 13.4. The van der Waals surface area contributed by atoms with E-state index in [-0.39, 0.29) is 11.3 Å². The molecule has 0 aromatic heterocycles. The highest BCUT2D eigenvalue weighted by molar-refractivity contribution is 6.08. The average molecular weight is 349 g/mol. The molecule has 0 fully saturated rings. The van der Waals surface area contributed by atoms with Crippen LogP contribution in [0.5, 0.6) is 0 Å². The fourth-order valence-corrected chi connectivity index (χ4v) is 3.02. The van der Waals surface area contributed by atoms with Crippen molar-refractivity contribution in [1.82, 2.24) is 0 Å². The molecule has 1 N–H and O–H groups in total. The molecule has 0 saturated heterocycles. The van der Waals surface area contributed by atoms with Crippen LogP contribution >= 0.6 is 0 Å². The Kier molecular flexibility index (Phi) is 3.82. The molecule has 4 nitrogen and oxygen atoms in total. The van der Waals surface area contributed by atoms with Gasteiger partial charge in [-0.15, -0.1) is 0 Å². The number of hydrogen-bond acceptors (Lipinski definition) is 2. The van der Waals surface area contributed by atoms with Gasteiger partial charge in [0.15, 0.2) is 0 Å². The van der Waals surface area contributed by atoms with E-state index in [2.05, 4.69) is 0 Å². The molecule has 3 rings (SSSR count). The molecule has 130 valence electrons. The van der Waals surface area contributed by atoms with Crippen LogP contribution in [0.2, 0.25) is 0 Å². The maximum atomic E-state index is 14.0. The van der Waals surface area contributed by atoms with E-state index in [0.717, 1.165) is 4.90 Å². The number of halogens is 3. The molecule has 1 heterocycles. The second-order valence-corrected chi connectivity index (χ2v) is 6.40. The summed E-state index contributed by atoms with van der Waals surface area (Å²) in [7, 11) is 0. The summed E-state index contributed by atoms with van der Waals surface area (Å²) < 4.78 is 41.0. The number of carboxylic acid groups (broad SMARTS) is 1. The van der Waals surface area contributed by atoms with Gasteiger partial charge in [-0.3, -0.25) is 4.79 Å². The Balaban J connectivity index is 2.11. The number of nitrogens with zero attached hydrogens (tertiary/aromatic N) is 1. The minimum Gasteiger partial charge on any atom is -0.478 e. The SMILES string of the molecule is CC1(C)C(=O)N(Cc2c(F)cc(F)cc2F)c2cc(C(=O)O)ccc21. The normalized spacial score (nSPS) is 15.4.